The molecule has 0 radical (unpaired) electrons. The lowest BCUT2D eigenvalue weighted by Crippen LogP contribution is -2.65. The van der Waals surface area contributed by atoms with Gasteiger partial charge in [0.1, 0.15) is 18.3 Å². The first-order valence-electron chi connectivity index (χ1n) is 12.5. The van der Waals surface area contributed by atoms with Crippen molar-refractivity contribution in [2.45, 2.75) is 109 Å². The van der Waals surface area contributed by atoms with Gasteiger partial charge in [-0.1, -0.05) is 55.4 Å². The molecule has 34 heavy (non-hydrogen) atoms. The van der Waals surface area contributed by atoms with Crippen LogP contribution in [-0.4, -0.2) is 63.3 Å². The molecule has 2 fully saturated rings. The molecular weight excluding hydrogens is 472 g/mol. The molecule has 0 aromatic carbocycles. The van der Waals surface area contributed by atoms with E-state index in [2.05, 4.69) is 60.4 Å². The van der Waals surface area contributed by atoms with Crippen LogP contribution in [0.15, 0.2) is 17.1 Å². The summed E-state index contributed by atoms with van der Waals surface area (Å²) in [7, 11) is -5.61. The Kier molecular flexibility index (Phi) is 8.49. The zero-order valence-corrected chi connectivity index (χ0v) is 24.0. The molecule has 194 valence electrons. The number of hydrogen-bond acceptors (Lipinski definition) is 8. The van der Waals surface area contributed by atoms with Crippen molar-refractivity contribution in [2.75, 3.05) is 13.2 Å². The molecule has 11 heteroatoms. The first-order valence-corrected chi connectivity index (χ1v) is 16.4. The summed E-state index contributed by atoms with van der Waals surface area (Å²) in [6.07, 6.45) is -1.68. The fourth-order valence-electron chi connectivity index (χ4n) is 5.19. The second-order valence-electron chi connectivity index (χ2n) is 10.5. The fourth-order valence-corrected chi connectivity index (χ4v) is 16.4. The van der Waals surface area contributed by atoms with Crippen molar-refractivity contribution in [3.05, 3.63) is 22.7 Å². The largest absolute Gasteiger partial charge is 0.478 e. The van der Waals surface area contributed by atoms with E-state index < -0.39 is 47.4 Å². The van der Waals surface area contributed by atoms with E-state index in [1.165, 1.54) is 4.57 Å². The smallest absolute Gasteiger partial charge is 0.353 e. The predicted octanol–water partition coefficient (Wildman–Crippen LogP) is 3.86. The number of nitrogens with zero attached hydrogens (tertiary/aromatic N) is 2. The van der Waals surface area contributed by atoms with Crippen LogP contribution >= 0.6 is 0 Å². The van der Waals surface area contributed by atoms with Crippen molar-refractivity contribution in [1.82, 2.24) is 9.55 Å². The molecule has 0 unspecified atom stereocenters. The first-order chi connectivity index (χ1) is 15.9. The minimum atomic E-state index is -2.90. The highest BCUT2D eigenvalue weighted by Gasteiger charge is 2.61. The number of hydrogen-bond donors (Lipinski definition) is 1. The van der Waals surface area contributed by atoms with Crippen molar-refractivity contribution in [3.63, 3.8) is 0 Å². The number of ether oxygens (including phenoxy) is 2. The lowest BCUT2D eigenvalue weighted by molar-refractivity contribution is -0.0601. The summed E-state index contributed by atoms with van der Waals surface area (Å²) in [5.41, 5.74) is 0.112. The summed E-state index contributed by atoms with van der Waals surface area (Å²) in [5.74, 6) is 0.242. The Labute approximate surface area is 205 Å². The van der Waals surface area contributed by atoms with Crippen molar-refractivity contribution in [1.29, 1.82) is 0 Å². The SMILES string of the molecule is CCOc1ccn([C@@H]2O[C@@H]3CO[Si](C(C)C)(C(C)C)O[Si](C(C)C)(C(C)C)O[C@H]3[C@H]2O)c(=O)n1. The van der Waals surface area contributed by atoms with E-state index in [1.807, 2.05) is 6.92 Å². The zero-order valence-electron chi connectivity index (χ0n) is 22.0. The molecule has 4 atom stereocenters. The minimum Gasteiger partial charge on any atom is -0.478 e. The minimum absolute atomic E-state index is 0.125. The Balaban J connectivity index is 2.03. The molecule has 0 amide bonds. The molecule has 2 saturated heterocycles. The van der Waals surface area contributed by atoms with Crippen LogP contribution in [0, 0.1) is 0 Å². The van der Waals surface area contributed by atoms with Gasteiger partial charge in [-0.2, -0.15) is 4.98 Å². The highest BCUT2D eigenvalue weighted by Crippen LogP contribution is 2.48. The summed E-state index contributed by atoms with van der Waals surface area (Å²) < 4.78 is 33.6. The van der Waals surface area contributed by atoms with Crippen LogP contribution in [0.4, 0.5) is 0 Å². The summed E-state index contributed by atoms with van der Waals surface area (Å²) in [4.78, 5) is 16.7. The van der Waals surface area contributed by atoms with Crippen LogP contribution < -0.4 is 10.4 Å². The molecule has 0 bridgehead atoms. The van der Waals surface area contributed by atoms with Gasteiger partial charge in [0.15, 0.2) is 6.23 Å². The maximum Gasteiger partial charge on any atom is 0.353 e. The summed E-state index contributed by atoms with van der Waals surface area (Å²) in [5, 5.41) is 11.3. The molecular formula is C23H42N2O7Si2. The number of rotatable bonds is 7. The highest BCUT2D eigenvalue weighted by atomic mass is 28.5. The molecule has 0 saturated carbocycles. The number of fused-ring (bicyclic) bond motifs is 1. The molecule has 1 aromatic rings. The summed E-state index contributed by atoms with van der Waals surface area (Å²) in [6.45, 7) is 19.6. The molecule has 0 aliphatic carbocycles. The molecule has 1 N–H and O–H groups in total. The van der Waals surface area contributed by atoms with Crippen LogP contribution in [0.2, 0.25) is 22.2 Å². The fraction of sp³-hybridized carbons (Fsp3) is 0.826. The normalized spacial score (nSPS) is 28.9. The van der Waals surface area contributed by atoms with E-state index in [-0.39, 0.29) is 34.7 Å². The molecule has 2 aliphatic heterocycles. The molecule has 0 spiro atoms. The van der Waals surface area contributed by atoms with Crippen LogP contribution in [-0.2, 0) is 17.7 Å². The lowest BCUT2D eigenvalue weighted by Gasteiger charge is -2.51. The molecule has 1 aromatic heterocycles. The Hall–Kier alpha value is -1.09. The third-order valence-corrected chi connectivity index (χ3v) is 17.3. The van der Waals surface area contributed by atoms with Crippen LogP contribution in [0.1, 0.15) is 68.5 Å². The van der Waals surface area contributed by atoms with Gasteiger partial charge in [-0.15, -0.1) is 0 Å². The van der Waals surface area contributed by atoms with Gasteiger partial charge in [0, 0.05) is 12.3 Å². The van der Waals surface area contributed by atoms with Crippen molar-refractivity contribution in [3.8, 4) is 5.88 Å². The van der Waals surface area contributed by atoms with Gasteiger partial charge in [0.25, 0.3) is 0 Å². The number of aromatic nitrogens is 2. The average Bonchev–Trinajstić information content (AvgIpc) is 3.02. The van der Waals surface area contributed by atoms with E-state index in [1.54, 1.807) is 12.3 Å². The highest BCUT2D eigenvalue weighted by molar-refractivity contribution is 6.83. The molecule has 3 rings (SSSR count). The molecule has 2 aliphatic rings. The second-order valence-corrected chi connectivity index (χ2v) is 19.3. The van der Waals surface area contributed by atoms with Gasteiger partial charge in [-0.25, -0.2) is 4.79 Å². The zero-order chi connectivity index (χ0) is 25.4. The molecule has 3 heterocycles. The van der Waals surface area contributed by atoms with E-state index in [0.717, 1.165) is 0 Å². The van der Waals surface area contributed by atoms with Gasteiger partial charge in [-0.05, 0) is 29.1 Å². The van der Waals surface area contributed by atoms with Gasteiger partial charge in [-0.3, -0.25) is 4.57 Å². The third-order valence-electron chi connectivity index (χ3n) is 7.01. The van der Waals surface area contributed by atoms with Gasteiger partial charge < -0.3 is 27.5 Å². The number of aliphatic hydroxyl groups is 1. The van der Waals surface area contributed by atoms with Crippen molar-refractivity contribution >= 4 is 17.1 Å². The number of aliphatic hydroxyl groups excluding tert-OH is 1. The van der Waals surface area contributed by atoms with Gasteiger partial charge in [0.05, 0.1) is 13.2 Å². The monoisotopic (exact) mass is 514 g/mol. The maximum absolute atomic E-state index is 12.7. The van der Waals surface area contributed by atoms with E-state index >= 15 is 0 Å². The van der Waals surface area contributed by atoms with Gasteiger partial charge >= 0.3 is 22.8 Å². The second kappa shape index (κ2) is 10.5. The van der Waals surface area contributed by atoms with Crippen LogP contribution in [0.25, 0.3) is 0 Å². The first kappa shape index (κ1) is 27.5. The topological polar surface area (TPSA) is 101 Å². The summed E-state index contributed by atoms with van der Waals surface area (Å²) in [6, 6.07) is 1.60. The van der Waals surface area contributed by atoms with Crippen molar-refractivity contribution < 1.29 is 27.5 Å². The third kappa shape index (κ3) is 4.80. The maximum atomic E-state index is 12.7. The average molecular weight is 515 g/mol. The van der Waals surface area contributed by atoms with Gasteiger partial charge in [0.2, 0.25) is 5.88 Å². The van der Waals surface area contributed by atoms with Crippen LogP contribution in [0.3, 0.4) is 0 Å². The van der Waals surface area contributed by atoms with Crippen molar-refractivity contribution in [2.24, 2.45) is 0 Å². The Morgan fingerprint density at radius 2 is 1.68 bits per heavy atom. The quantitative estimate of drug-likeness (QED) is 0.548. The molecule has 9 nitrogen and oxygen atoms in total. The Bertz CT molecular complexity index is 876. The van der Waals surface area contributed by atoms with Crippen LogP contribution in [0.5, 0.6) is 5.88 Å². The van der Waals surface area contributed by atoms with E-state index in [9.17, 15) is 9.90 Å². The lowest BCUT2D eigenvalue weighted by atomic mass is 10.1. The van der Waals surface area contributed by atoms with E-state index in [0.29, 0.717) is 6.61 Å². The predicted molar refractivity (Wildman–Crippen MR) is 133 cm³/mol. The Morgan fingerprint density at radius 1 is 1.09 bits per heavy atom. The van der Waals surface area contributed by atoms with E-state index in [4.69, 9.17) is 22.4 Å². The summed E-state index contributed by atoms with van der Waals surface area (Å²) >= 11 is 0. The Morgan fingerprint density at radius 3 is 2.18 bits per heavy atom. The standard InChI is InChI=1S/C23H42N2O7Si2/c1-10-28-19-11-12-25(23(27)24-19)22-20(26)21-18(30-22)13-29-33(14(2)3,15(4)5)32-34(31-21,16(6)7)17(8)9/h11-12,14-18,20-22,26H,10,13H2,1-9H3/t18-,20-,21-,22-/m1/s1.